The van der Waals surface area contributed by atoms with Crippen LogP contribution in [0.15, 0.2) is 24.3 Å². The summed E-state index contributed by atoms with van der Waals surface area (Å²) in [6, 6.07) is 6.18. The van der Waals surface area contributed by atoms with Crippen LogP contribution in [0.4, 0.5) is 23.7 Å². The molecule has 0 saturated carbocycles. The first kappa shape index (κ1) is 16.1. The topological polar surface area (TPSA) is 58.4 Å². The molecule has 0 aliphatic heterocycles. The fraction of sp³-hybridized carbons (Fsp3) is 0.462. The van der Waals surface area contributed by atoms with Gasteiger partial charge in [-0.25, -0.2) is 4.79 Å². The van der Waals surface area contributed by atoms with Crippen LogP contribution in [0.2, 0.25) is 0 Å². The largest absolute Gasteiger partial charge is 0.405 e. The summed E-state index contributed by atoms with van der Waals surface area (Å²) in [6.07, 6.45) is -3.76. The van der Waals surface area contributed by atoms with Gasteiger partial charge in [-0.3, -0.25) is 0 Å². The van der Waals surface area contributed by atoms with Gasteiger partial charge in [0.2, 0.25) is 0 Å². The van der Waals surface area contributed by atoms with Gasteiger partial charge in [-0.2, -0.15) is 13.2 Å². The summed E-state index contributed by atoms with van der Waals surface area (Å²) in [5.41, 5.74) is 6.96. The van der Waals surface area contributed by atoms with Crippen molar-refractivity contribution in [2.75, 3.05) is 18.8 Å². The first-order chi connectivity index (χ1) is 9.31. The minimum Gasteiger partial charge on any atom is -0.399 e. The molecule has 0 unspecified atom stereocenters. The first-order valence-corrected chi connectivity index (χ1v) is 6.25. The number of hydrogen-bond acceptors (Lipinski definition) is 2. The van der Waals surface area contributed by atoms with Crippen molar-refractivity contribution < 1.29 is 18.0 Å². The van der Waals surface area contributed by atoms with Crippen molar-refractivity contribution in [2.45, 2.75) is 26.1 Å². The highest BCUT2D eigenvalue weighted by Gasteiger charge is 2.28. The number of alkyl halides is 3. The van der Waals surface area contributed by atoms with E-state index in [2.05, 4.69) is 0 Å². The van der Waals surface area contributed by atoms with Crippen LogP contribution in [-0.4, -0.2) is 30.2 Å². The SMILES string of the molecule is CCCN(Cc1cccc(N)c1)C(=O)NCC(F)(F)F. The van der Waals surface area contributed by atoms with E-state index in [1.54, 1.807) is 24.3 Å². The molecule has 3 N–H and O–H groups in total. The smallest absolute Gasteiger partial charge is 0.399 e. The molecule has 0 radical (unpaired) electrons. The van der Waals surface area contributed by atoms with Gasteiger partial charge in [-0.05, 0) is 24.1 Å². The van der Waals surface area contributed by atoms with Gasteiger partial charge in [-0.15, -0.1) is 0 Å². The summed E-state index contributed by atoms with van der Waals surface area (Å²) in [5, 5.41) is 1.87. The van der Waals surface area contributed by atoms with Crippen LogP contribution in [-0.2, 0) is 6.54 Å². The molecule has 0 aliphatic rings. The van der Waals surface area contributed by atoms with Gasteiger partial charge >= 0.3 is 12.2 Å². The molecule has 1 rings (SSSR count). The van der Waals surface area contributed by atoms with Gasteiger partial charge in [0.1, 0.15) is 6.54 Å². The van der Waals surface area contributed by atoms with Gasteiger partial charge in [-0.1, -0.05) is 19.1 Å². The Bertz CT molecular complexity index is 449. The molecule has 0 aromatic heterocycles. The molecule has 0 spiro atoms. The molecule has 1 aromatic carbocycles. The monoisotopic (exact) mass is 289 g/mol. The number of nitrogens with zero attached hydrogens (tertiary/aromatic N) is 1. The summed E-state index contributed by atoms with van der Waals surface area (Å²) in [6.45, 7) is 1.12. The zero-order chi connectivity index (χ0) is 15.2. The molecule has 0 bridgehead atoms. The molecule has 2 amide bonds. The second-order valence-electron chi connectivity index (χ2n) is 4.44. The highest BCUT2D eigenvalue weighted by molar-refractivity contribution is 5.74. The average Bonchev–Trinajstić information content (AvgIpc) is 2.34. The van der Waals surface area contributed by atoms with Gasteiger partial charge in [0.15, 0.2) is 0 Å². The van der Waals surface area contributed by atoms with E-state index >= 15 is 0 Å². The van der Waals surface area contributed by atoms with Crippen molar-refractivity contribution in [1.82, 2.24) is 10.2 Å². The van der Waals surface area contributed by atoms with Crippen LogP contribution in [0.25, 0.3) is 0 Å². The number of hydrogen-bond donors (Lipinski definition) is 2. The van der Waals surface area contributed by atoms with Crippen LogP contribution in [0, 0.1) is 0 Å². The van der Waals surface area contributed by atoms with E-state index in [9.17, 15) is 18.0 Å². The second kappa shape index (κ2) is 7.02. The Labute approximate surface area is 115 Å². The van der Waals surface area contributed by atoms with E-state index in [4.69, 9.17) is 5.73 Å². The third-order valence-corrected chi connectivity index (χ3v) is 2.55. The predicted molar refractivity (Wildman–Crippen MR) is 71.0 cm³/mol. The van der Waals surface area contributed by atoms with E-state index in [1.165, 1.54) is 4.90 Å². The number of rotatable bonds is 5. The van der Waals surface area contributed by atoms with Gasteiger partial charge in [0.05, 0.1) is 0 Å². The molecule has 20 heavy (non-hydrogen) atoms. The molecular formula is C13H18F3N3O. The van der Waals surface area contributed by atoms with Gasteiger partial charge in [0, 0.05) is 18.8 Å². The fourth-order valence-corrected chi connectivity index (χ4v) is 1.72. The maximum absolute atomic E-state index is 12.1. The van der Waals surface area contributed by atoms with Crippen LogP contribution in [0.3, 0.4) is 0 Å². The Hall–Kier alpha value is -1.92. The Balaban J connectivity index is 2.66. The number of benzene rings is 1. The number of nitrogens with one attached hydrogen (secondary N) is 1. The van der Waals surface area contributed by atoms with E-state index in [-0.39, 0.29) is 6.54 Å². The average molecular weight is 289 g/mol. The van der Waals surface area contributed by atoms with Crippen LogP contribution >= 0.6 is 0 Å². The van der Waals surface area contributed by atoms with Gasteiger partial charge < -0.3 is 16.0 Å². The molecule has 112 valence electrons. The highest BCUT2D eigenvalue weighted by Crippen LogP contribution is 2.13. The number of halogens is 3. The van der Waals surface area contributed by atoms with Crippen molar-refractivity contribution in [3.05, 3.63) is 29.8 Å². The Morgan fingerprint density at radius 3 is 2.65 bits per heavy atom. The molecule has 1 aromatic rings. The third kappa shape index (κ3) is 5.81. The van der Waals surface area contributed by atoms with Crippen molar-refractivity contribution in [1.29, 1.82) is 0 Å². The Kier molecular flexibility index (Phi) is 5.66. The quantitative estimate of drug-likeness (QED) is 0.819. The minimum absolute atomic E-state index is 0.225. The number of carbonyl (C=O) groups excluding carboxylic acids is 1. The molecule has 0 aliphatic carbocycles. The molecule has 0 heterocycles. The zero-order valence-corrected chi connectivity index (χ0v) is 11.2. The number of anilines is 1. The number of urea groups is 1. The molecule has 0 saturated heterocycles. The van der Waals surface area contributed by atoms with Crippen LogP contribution in [0.5, 0.6) is 0 Å². The Morgan fingerprint density at radius 1 is 1.40 bits per heavy atom. The molecular weight excluding hydrogens is 271 g/mol. The van der Waals surface area contributed by atoms with Crippen LogP contribution < -0.4 is 11.1 Å². The number of nitrogen functional groups attached to an aromatic ring is 1. The van der Waals surface area contributed by atoms with Crippen molar-refractivity contribution >= 4 is 11.7 Å². The fourth-order valence-electron chi connectivity index (χ4n) is 1.72. The first-order valence-electron chi connectivity index (χ1n) is 6.25. The lowest BCUT2D eigenvalue weighted by molar-refractivity contribution is -0.123. The summed E-state index contributed by atoms with van der Waals surface area (Å²) < 4.78 is 36.3. The van der Waals surface area contributed by atoms with E-state index in [0.717, 1.165) is 5.56 Å². The van der Waals surface area contributed by atoms with Crippen molar-refractivity contribution in [3.63, 3.8) is 0 Å². The normalized spacial score (nSPS) is 11.2. The van der Waals surface area contributed by atoms with E-state index in [1.807, 2.05) is 12.2 Å². The number of carbonyl (C=O) groups is 1. The lowest BCUT2D eigenvalue weighted by atomic mass is 10.2. The number of amides is 2. The summed E-state index contributed by atoms with van der Waals surface area (Å²) in [7, 11) is 0. The molecule has 7 heteroatoms. The molecule has 0 atom stereocenters. The lowest BCUT2D eigenvalue weighted by Gasteiger charge is -2.23. The highest BCUT2D eigenvalue weighted by atomic mass is 19.4. The van der Waals surface area contributed by atoms with Crippen molar-refractivity contribution in [2.24, 2.45) is 0 Å². The summed E-state index contributed by atoms with van der Waals surface area (Å²) >= 11 is 0. The van der Waals surface area contributed by atoms with E-state index in [0.29, 0.717) is 18.7 Å². The third-order valence-electron chi connectivity index (χ3n) is 2.55. The van der Waals surface area contributed by atoms with Crippen LogP contribution in [0.1, 0.15) is 18.9 Å². The summed E-state index contributed by atoms with van der Waals surface area (Å²) in [4.78, 5) is 13.1. The molecule has 0 fully saturated rings. The van der Waals surface area contributed by atoms with Crippen molar-refractivity contribution in [3.8, 4) is 0 Å². The van der Waals surface area contributed by atoms with Gasteiger partial charge in [0.25, 0.3) is 0 Å². The minimum atomic E-state index is -4.41. The predicted octanol–water partition coefficient (Wildman–Crippen LogP) is 2.75. The molecule has 4 nitrogen and oxygen atoms in total. The summed E-state index contributed by atoms with van der Waals surface area (Å²) in [5.74, 6) is 0. The second-order valence-corrected chi connectivity index (χ2v) is 4.44. The van der Waals surface area contributed by atoms with E-state index < -0.39 is 18.8 Å². The Morgan fingerprint density at radius 2 is 2.10 bits per heavy atom. The number of nitrogens with two attached hydrogens (primary N) is 1. The standard InChI is InChI=1S/C13H18F3N3O/c1-2-6-19(12(20)18-9-13(14,15)16)8-10-4-3-5-11(17)7-10/h3-5,7H,2,6,8-9,17H2,1H3,(H,18,20). The maximum atomic E-state index is 12.1. The lowest BCUT2D eigenvalue weighted by Crippen LogP contribution is -2.43. The maximum Gasteiger partial charge on any atom is 0.405 e. The zero-order valence-electron chi connectivity index (χ0n) is 11.2.